The fourth-order valence-corrected chi connectivity index (χ4v) is 2.73. The van der Waals surface area contributed by atoms with Crippen molar-refractivity contribution in [2.24, 2.45) is 5.92 Å². The summed E-state index contributed by atoms with van der Waals surface area (Å²) in [5, 5.41) is 9.22. The minimum absolute atomic E-state index is 0.492. The Hall–Kier alpha value is -2.34. The Morgan fingerprint density at radius 2 is 2.00 bits per heavy atom. The van der Waals surface area contributed by atoms with Gasteiger partial charge in [-0.05, 0) is 36.1 Å². The van der Waals surface area contributed by atoms with Crippen LogP contribution in [0.4, 0.5) is 11.4 Å². The molecule has 2 aromatic rings. The fraction of sp³-hybridized carbons (Fsp3) is 0.250. The van der Waals surface area contributed by atoms with Crippen LogP contribution in [0.2, 0.25) is 0 Å². The van der Waals surface area contributed by atoms with Gasteiger partial charge in [0.05, 0.1) is 5.69 Å². The molecule has 3 heteroatoms. The summed E-state index contributed by atoms with van der Waals surface area (Å²) < 4.78 is 0. The van der Waals surface area contributed by atoms with Crippen LogP contribution in [0.3, 0.4) is 0 Å². The van der Waals surface area contributed by atoms with Crippen LogP contribution < -0.4 is 4.90 Å². The lowest BCUT2D eigenvalue weighted by molar-refractivity contribution is 0.562. The smallest absolute Gasteiger partial charge is 0.164 e. The van der Waals surface area contributed by atoms with Crippen molar-refractivity contribution in [3.63, 3.8) is 0 Å². The molecular weight excluding hydrogens is 234 g/mol. The molecule has 3 rings (SSSR count). The average Bonchev–Trinajstić information content (AvgIpc) is 2.46. The molecule has 2 heterocycles. The van der Waals surface area contributed by atoms with Crippen LogP contribution in [0, 0.1) is 17.2 Å². The monoisotopic (exact) mass is 249 g/mol. The molecule has 1 aromatic heterocycles. The van der Waals surface area contributed by atoms with E-state index in [-0.39, 0.29) is 0 Å². The molecule has 0 fully saturated rings. The summed E-state index contributed by atoms with van der Waals surface area (Å²) in [7, 11) is 0. The molecule has 94 valence electrons. The Morgan fingerprint density at radius 1 is 1.21 bits per heavy atom. The van der Waals surface area contributed by atoms with Gasteiger partial charge in [0.25, 0.3) is 0 Å². The Balaban J connectivity index is 2.13. The van der Waals surface area contributed by atoms with E-state index in [4.69, 9.17) is 0 Å². The second-order valence-electron chi connectivity index (χ2n) is 5.03. The molecular formula is C16H15N3. The predicted octanol–water partition coefficient (Wildman–Crippen LogP) is 3.28. The highest BCUT2D eigenvalue weighted by atomic mass is 15.2. The minimum Gasteiger partial charge on any atom is -0.339 e. The van der Waals surface area contributed by atoms with Gasteiger partial charge in [-0.3, -0.25) is 0 Å². The number of hydrogen-bond acceptors (Lipinski definition) is 3. The molecule has 19 heavy (non-hydrogen) atoms. The van der Waals surface area contributed by atoms with Gasteiger partial charge in [0.15, 0.2) is 5.69 Å². The van der Waals surface area contributed by atoms with Gasteiger partial charge in [-0.15, -0.1) is 0 Å². The first-order valence-electron chi connectivity index (χ1n) is 6.50. The van der Waals surface area contributed by atoms with Gasteiger partial charge in [-0.1, -0.05) is 25.1 Å². The maximum atomic E-state index is 9.22. The Kier molecular flexibility index (Phi) is 2.92. The first-order chi connectivity index (χ1) is 9.29. The van der Waals surface area contributed by atoms with E-state index in [2.05, 4.69) is 41.1 Å². The largest absolute Gasteiger partial charge is 0.339 e. The van der Waals surface area contributed by atoms with E-state index in [0.29, 0.717) is 11.6 Å². The zero-order valence-electron chi connectivity index (χ0n) is 10.9. The number of nitriles is 1. The first kappa shape index (κ1) is 11.7. The lowest BCUT2D eigenvalue weighted by Gasteiger charge is -2.35. The van der Waals surface area contributed by atoms with E-state index in [9.17, 15) is 5.26 Å². The van der Waals surface area contributed by atoms with Gasteiger partial charge in [-0.2, -0.15) is 5.26 Å². The van der Waals surface area contributed by atoms with Crippen molar-refractivity contribution in [2.75, 3.05) is 11.4 Å². The van der Waals surface area contributed by atoms with Crippen molar-refractivity contribution in [1.29, 1.82) is 5.26 Å². The molecule has 0 radical (unpaired) electrons. The van der Waals surface area contributed by atoms with Crippen LogP contribution >= 0.6 is 0 Å². The lowest BCUT2D eigenvalue weighted by atomic mass is 9.93. The van der Waals surface area contributed by atoms with Gasteiger partial charge in [0, 0.05) is 18.4 Å². The number of nitrogens with zero attached hydrogens (tertiary/aromatic N) is 3. The summed E-state index contributed by atoms with van der Waals surface area (Å²) in [6.45, 7) is 3.17. The van der Waals surface area contributed by atoms with Crippen molar-refractivity contribution in [3.05, 3.63) is 53.9 Å². The molecule has 3 nitrogen and oxygen atoms in total. The number of benzene rings is 1. The van der Waals surface area contributed by atoms with E-state index in [1.165, 1.54) is 11.3 Å². The summed E-state index contributed by atoms with van der Waals surface area (Å²) >= 11 is 0. The number of para-hydroxylation sites is 1. The zero-order chi connectivity index (χ0) is 13.2. The van der Waals surface area contributed by atoms with E-state index >= 15 is 0 Å². The van der Waals surface area contributed by atoms with E-state index in [1.54, 1.807) is 6.20 Å². The topological polar surface area (TPSA) is 39.9 Å². The quantitative estimate of drug-likeness (QED) is 0.778. The Labute approximate surface area is 113 Å². The predicted molar refractivity (Wildman–Crippen MR) is 75.3 cm³/mol. The first-order valence-corrected chi connectivity index (χ1v) is 6.50. The van der Waals surface area contributed by atoms with E-state index in [1.807, 2.05) is 18.2 Å². The second kappa shape index (κ2) is 4.74. The Bertz CT molecular complexity index is 642. The number of fused-ring (bicyclic) bond motifs is 1. The van der Waals surface area contributed by atoms with Gasteiger partial charge >= 0.3 is 0 Å². The highest BCUT2D eigenvalue weighted by Crippen LogP contribution is 2.35. The van der Waals surface area contributed by atoms with Gasteiger partial charge in [0.1, 0.15) is 6.07 Å². The summed E-state index contributed by atoms with van der Waals surface area (Å²) in [4.78, 5) is 6.38. The van der Waals surface area contributed by atoms with Crippen molar-refractivity contribution in [2.45, 2.75) is 13.3 Å². The van der Waals surface area contributed by atoms with Gasteiger partial charge in [0.2, 0.25) is 0 Å². The van der Waals surface area contributed by atoms with Crippen LogP contribution in [-0.4, -0.2) is 11.5 Å². The van der Waals surface area contributed by atoms with Gasteiger partial charge < -0.3 is 4.90 Å². The normalized spacial score (nSPS) is 17.7. The molecule has 0 saturated heterocycles. The van der Waals surface area contributed by atoms with Crippen molar-refractivity contribution < 1.29 is 0 Å². The van der Waals surface area contributed by atoms with Gasteiger partial charge in [-0.25, -0.2) is 4.98 Å². The standard InChI is InChI=1S/C16H15N3/c1-12-9-13-5-2-3-6-15(13)19(11-12)16-7-4-8-18-14(16)10-17/h2-8,12H,9,11H2,1H3. The molecule has 0 saturated carbocycles. The highest BCUT2D eigenvalue weighted by Gasteiger charge is 2.24. The molecule has 0 spiro atoms. The average molecular weight is 249 g/mol. The van der Waals surface area contributed by atoms with Crippen LogP contribution in [0.25, 0.3) is 0 Å². The molecule has 0 amide bonds. The zero-order valence-corrected chi connectivity index (χ0v) is 10.9. The SMILES string of the molecule is CC1Cc2ccccc2N(c2cccnc2C#N)C1. The van der Waals surface area contributed by atoms with Crippen LogP contribution in [0.15, 0.2) is 42.6 Å². The molecule has 1 aromatic carbocycles. The van der Waals surface area contributed by atoms with E-state index in [0.717, 1.165) is 18.7 Å². The third-order valence-corrected chi connectivity index (χ3v) is 3.53. The molecule has 1 atom stereocenters. The third kappa shape index (κ3) is 2.06. The summed E-state index contributed by atoms with van der Waals surface area (Å²) in [6.07, 6.45) is 2.76. The second-order valence-corrected chi connectivity index (χ2v) is 5.03. The number of anilines is 2. The third-order valence-electron chi connectivity index (χ3n) is 3.53. The number of pyridine rings is 1. The number of aromatic nitrogens is 1. The van der Waals surface area contributed by atoms with Crippen molar-refractivity contribution >= 4 is 11.4 Å². The molecule has 1 aliphatic rings. The lowest BCUT2D eigenvalue weighted by Crippen LogP contribution is -2.31. The number of hydrogen-bond donors (Lipinski definition) is 0. The minimum atomic E-state index is 0.492. The summed E-state index contributed by atoms with van der Waals surface area (Å²) in [5.74, 6) is 0.571. The maximum absolute atomic E-state index is 9.22. The van der Waals surface area contributed by atoms with Crippen molar-refractivity contribution in [1.82, 2.24) is 4.98 Å². The summed E-state index contributed by atoms with van der Waals surface area (Å²) in [6, 6.07) is 14.5. The fourth-order valence-electron chi connectivity index (χ4n) is 2.73. The summed E-state index contributed by atoms with van der Waals surface area (Å²) in [5.41, 5.74) is 3.94. The van der Waals surface area contributed by atoms with Crippen molar-refractivity contribution in [3.8, 4) is 6.07 Å². The van der Waals surface area contributed by atoms with Crippen LogP contribution in [-0.2, 0) is 6.42 Å². The van der Waals surface area contributed by atoms with E-state index < -0.39 is 0 Å². The maximum Gasteiger partial charge on any atom is 0.164 e. The Morgan fingerprint density at radius 3 is 2.84 bits per heavy atom. The molecule has 1 unspecified atom stereocenters. The van der Waals surface area contributed by atoms with Crippen LogP contribution in [0.5, 0.6) is 0 Å². The molecule has 0 N–H and O–H groups in total. The molecule has 0 bridgehead atoms. The highest BCUT2D eigenvalue weighted by molar-refractivity contribution is 5.71. The number of rotatable bonds is 1. The molecule has 0 aliphatic carbocycles. The van der Waals surface area contributed by atoms with Crippen LogP contribution in [0.1, 0.15) is 18.2 Å². The molecule has 1 aliphatic heterocycles.